The highest BCUT2D eigenvalue weighted by Crippen LogP contribution is 2.32. The molecule has 0 spiro atoms. The molecule has 22 heavy (non-hydrogen) atoms. The molecule has 1 saturated carbocycles. The zero-order valence-electron chi connectivity index (χ0n) is 14.1. The molecule has 1 saturated heterocycles. The van der Waals surface area contributed by atoms with Crippen LogP contribution in [0.5, 0.6) is 0 Å². The Labute approximate surface area is 133 Å². The summed E-state index contributed by atoms with van der Waals surface area (Å²) in [6, 6.07) is 2.45. The van der Waals surface area contributed by atoms with Gasteiger partial charge in [-0.3, -0.25) is 9.69 Å². The van der Waals surface area contributed by atoms with Crippen molar-refractivity contribution in [2.75, 3.05) is 26.2 Å². The largest absolute Gasteiger partial charge is 0.357 e. The van der Waals surface area contributed by atoms with Crippen LogP contribution in [0.2, 0.25) is 0 Å². The molecule has 0 bridgehead atoms. The minimum Gasteiger partial charge on any atom is -0.357 e. The molecule has 0 aromatic carbocycles. The number of nitrogens with zero attached hydrogens (tertiary/aromatic N) is 2. The van der Waals surface area contributed by atoms with Crippen LogP contribution in [0.1, 0.15) is 49.2 Å². The Morgan fingerprint density at radius 2 is 2.14 bits per heavy atom. The fraction of sp³-hybridized carbons (Fsp3) is 0.722. The highest BCUT2D eigenvalue weighted by Gasteiger charge is 2.33. The maximum absolute atomic E-state index is 12.8. The van der Waals surface area contributed by atoms with E-state index in [-0.39, 0.29) is 5.91 Å². The van der Waals surface area contributed by atoms with Gasteiger partial charge in [-0.05, 0) is 49.7 Å². The third kappa shape index (κ3) is 3.54. The number of aromatic nitrogens is 1. The third-order valence-electron chi connectivity index (χ3n) is 5.05. The van der Waals surface area contributed by atoms with E-state index in [1.54, 1.807) is 0 Å². The van der Waals surface area contributed by atoms with Crippen LogP contribution in [0.4, 0.5) is 0 Å². The minimum absolute atomic E-state index is 0.159. The van der Waals surface area contributed by atoms with Gasteiger partial charge < -0.3 is 9.88 Å². The maximum Gasteiger partial charge on any atom is 0.270 e. The number of carbonyl (C=O) groups is 1. The fourth-order valence-corrected chi connectivity index (χ4v) is 3.54. The highest BCUT2D eigenvalue weighted by molar-refractivity contribution is 5.92. The van der Waals surface area contributed by atoms with Crippen molar-refractivity contribution in [3.8, 4) is 0 Å². The van der Waals surface area contributed by atoms with Crippen molar-refractivity contribution in [2.45, 2.75) is 46.1 Å². The van der Waals surface area contributed by atoms with E-state index in [1.807, 2.05) is 19.2 Å². The zero-order valence-corrected chi connectivity index (χ0v) is 14.1. The quantitative estimate of drug-likeness (QED) is 0.929. The van der Waals surface area contributed by atoms with E-state index in [9.17, 15) is 4.79 Å². The molecular formula is C18H29N3O. The van der Waals surface area contributed by atoms with E-state index in [0.717, 1.165) is 43.2 Å². The molecule has 1 aromatic rings. The smallest absolute Gasteiger partial charge is 0.270 e. The van der Waals surface area contributed by atoms with Crippen LogP contribution in [0.3, 0.4) is 0 Å². The van der Waals surface area contributed by atoms with E-state index in [0.29, 0.717) is 12.0 Å². The number of aryl methyl sites for hydroxylation is 1. The van der Waals surface area contributed by atoms with Gasteiger partial charge in [-0.2, -0.15) is 0 Å². The second-order valence-corrected chi connectivity index (χ2v) is 7.45. The third-order valence-corrected chi connectivity index (χ3v) is 5.05. The van der Waals surface area contributed by atoms with E-state index in [1.165, 1.54) is 19.4 Å². The lowest BCUT2D eigenvalue weighted by Crippen LogP contribution is -2.46. The van der Waals surface area contributed by atoms with E-state index in [2.05, 4.69) is 28.6 Å². The van der Waals surface area contributed by atoms with Gasteiger partial charge in [0.25, 0.3) is 5.91 Å². The molecule has 1 amide bonds. The lowest BCUT2D eigenvalue weighted by atomic mass is 10.0. The summed E-state index contributed by atoms with van der Waals surface area (Å²) in [5.41, 5.74) is 1.85. The molecule has 2 fully saturated rings. The Hall–Kier alpha value is -1.29. The molecule has 4 heteroatoms. The molecule has 0 radical (unpaired) electrons. The maximum atomic E-state index is 12.8. The van der Waals surface area contributed by atoms with Gasteiger partial charge in [0.1, 0.15) is 5.69 Å². The molecule has 1 atom stereocenters. The van der Waals surface area contributed by atoms with Gasteiger partial charge in [-0.25, -0.2) is 0 Å². The minimum atomic E-state index is 0.159. The molecule has 1 N–H and O–H groups in total. The fourth-order valence-electron chi connectivity index (χ4n) is 3.54. The molecule has 4 nitrogen and oxygen atoms in total. The lowest BCUT2D eigenvalue weighted by molar-refractivity contribution is 0.0699. The van der Waals surface area contributed by atoms with Crippen LogP contribution in [-0.2, 0) is 0 Å². The molecule has 2 heterocycles. The predicted octanol–water partition coefficient (Wildman–Crippen LogP) is 2.91. The number of amides is 1. The number of hydrogen-bond donors (Lipinski definition) is 1. The second kappa shape index (κ2) is 6.45. The Balaban J connectivity index is 1.71. The molecule has 122 valence electrons. The number of hydrogen-bond acceptors (Lipinski definition) is 2. The van der Waals surface area contributed by atoms with Crippen LogP contribution >= 0.6 is 0 Å². The lowest BCUT2D eigenvalue weighted by Gasteiger charge is -2.34. The van der Waals surface area contributed by atoms with Crippen LogP contribution in [-0.4, -0.2) is 52.9 Å². The van der Waals surface area contributed by atoms with E-state index in [4.69, 9.17) is 0 Å². The van der Waals surface area contributed by atoms with Gasteiger partial charge in [0.15, 0.2) is 0 Å². The molecule has 1 aromatic heterocycles. The highest BCUT2D eigenvalue weighted by atomic mass is 16.2. The summed E-state index contributed by atoms with van der Waals surface area (Å²) < 4.78 is 0. The zero-order chi connectivity index (χ0) is 15.7. The van der Waals surface area contributed by atoms with Crippen LogP contribution in [0.15, 0.2) is 12.3 Å². The molecule has 1 aliphatic carbocycles. The van der Waals surface area contributed by atoms with Gasteiger partial charge in [-0.15, -0.1) is 0 Å². The summed E-state index contributed by atoms with van der Waals surface area (Å²) in [6.45, 7) is 10.7. The molecule has 3 rings (SSSR count). The van der Waals surface area contributed by atoms with Crippen molar-refractivity contribution < 1.29 is 4.79 Å². The number of rotatable bonds is 4. The summed E-state index contributed by atoms with van der Waals surface area (Å²) >= 11 is 0. The normalized spacial score (nSPS) is 23.8. The molecule has 2 aliphatic rings. The van der Waals surface area contributed by atoms with Crippen LogP contribution < -0.4 is 0 Å². The molecule has 1 aliphatic heterocycles. The number of nitrogens with one attached hydrogen (secondary N) is 1. The van der Waals surface area contributed by atoms with Crippen molar-refractivity contribution in [1.29, 1.82) is 0 Å². The predicted molar refractivity (Wildman–Crippen MR) is 89.0 cm³/mol. The second-order valence-electron chi connectivity index (χ2n) is 7.45. The van der Waals surface area contributed by atoms with Crippen LogP contribution in [0, 0.1) is 18.8 Å². The number of H-pyrrole nitrogens is 1. The van der Waals surface area contributed by atoms with Crippen molar-refractivity contribution in [1.82, 2.24) is 14.8 Å². The topological polar surface area (TPSA) is 39.3 Å². The summed E-state index contributed by atoms with van der Waals surface area (Å²) in [6.07, 6.45) is 5.78. The Morgan fingerprint density at radius 1 is 1.36 bits per heavy atom. The van der Waals surface area contributed by atoms with Crippen molar-refractivity contribution in [3.63, 3.8) is 0 Å². The monoisotopic (exact) mass is 303 g/mol. The first kappa shape index (κ1) is 15.6. The first-order chi connectivity index (χ1) is 10.5. The van der Waals surface area contributed by atoms with E-state index >= 15 is 0 Å². The summed E-state index contributed by atoms with van der Waals surface area (Å²) in [7, 11) is 0. The summed E-state index contributed by atoms with van der Waals surface area (Å²) in [5, 5.41) is 0. The van der Waals surface area contributed by atoms with Gasteiger partial charge in [0.2, 0.25) is 0 Å². The van der Waals surface area contributed by atoms with Crippen LogP contribution in [0.25, 0.3) is 0 Å². The first-order valence-electron chi connectivity index (χ1n) is 8.73. The SMILES string of the molecule is Cc1c[nH]c(C(=O)N2CCCN(CC3CC3)[C@@H](C(C)C)C2)c1. The summed E-state index contributed by atoms with van der Waals surface area (Å²) in [5.74, 6) is 1.65. The molecule has 0 unspecified atom stereocenters. The van der Waals surface area contributed by atoms with Gasteiger partial charge in [0.05, 0.1) is 0 Å². The summed E-state index contributed by atoms with van der Waals surface area (Å²) in [4.78, 5) is 20.6. The van der Waals surface area contributed by atoms with Gasteiger partial charge in [-0.1, -0.05) is 13.8 Å². The number of carbonyl (C=O) groups excluding carboxylic acids is 1. The van der Waals surface area contributed by atoms with Crippen molar-refractivity contribution in [3.05, 3.63) is 23.5 Å². The standard InChI is InChI=1S/C18H29N3O/c1-13(2)17-12-21(18(22)16-9-14(3)10-19-16)8-4-7-20(17)11-15-5-6-15/h9-10,13,15,17,19H,4-8,11-12H2,1-3H3/t17-/m1/s1. The Morgan fingerprint density at radius 3 is 2.73 bits per heavy atom. The van der Waals surface area contributed by atoms with E-state index < -0.39 is 0 Å². The Bertz CT molecular complexity index is 518. The average molecular weight is 303 g/mol. The van der Waals surface area contributed by atoms with Crippen molar-refractivity contribution >= 4 is 5.91 Å². The Kier molecular flexibility index (Phi) is 4.57. The average Bonchev–Trinajstić information content (AvgIpc) is 3.23. The number of aromatic amines is 1. The van der Waals surface area contributed by atoms with Crippen molar-refractivity contribution in [2.24, 2.45) is 11.8 Å². The van der Waals surface area contributed by atoms with Gasteiger partial charge in [0, 0.05) is 38.4 Å². The molecular weight excluding hydrogens is 274 g/mol. The van der Waals surface area contributed by atoms with Gasteiger partial charge >= 0.3 is 0 Å². The first-order valence-corrected chi connectivity index (χ1v) is 8.73.